The van der Waals surface area contributed by atoms with E-state index in [1.807, 2.05) is 13.0 Å². The van der Waals surface area contributed by atoms with E-state index in [4.69, 9.17) is 9.47 Å². The SMILES string of the molecule is CCCOc1ccccc1C(=O)Nc1cccc(C(=O)NCCCOC)c1. The summed E-state index contributed by atoms with van der Waals surface area (Å²) in [5, 5.41) is 5.65. The fourth-order valence-corrected chi connectivity index (χ4v) is 2.45. The van der Waals surface area contributed by atoms with Gasteiger partial charge < -0.3 is 20.1 Å². The number of amides is 2. The summed E-state index contributed by atoms with van der Waals surface area (Å²) >= 11 is 0. The number of para-hydroxylation sites is 1. The van der Waals surface area contributed by atoms with Crippen molar-refractivity contribution in [3.8, 4) is 5.75 Å². The highest BCUT2D eigenvalue weighted by atomic mass is 16.5. The van der Waals surface area contributed by atoms with Crippen molar-refractivity contribution in [2.24, 2.45) is 0 Å². The summed E-state index contributed by atoms with van der Waals surface area (Å²) in [7, 11) is 1.62. The van der Waals surface area contributed by atoms with Crippen molar-refractivity contribution in [3.63, 3.8) is 0 Å². The molecule has 27 heavy (non-hydrogen) atoms. The van der Waals surface area contributed by atoms with Crippen LogP contribution in [0.5, 0.6) is 5.75 Å². The molecule has 2 N–H and O–H groups in total. The zero-order chi connectivity index (χ0) is 19.5. The molecule has 0 radical (unpaired) electrons. The van der Waals surface area contributed by atoms with Gasteiger partial charge in [-0.2, -0.15) is 0 Å². The molecule has 0 atom stereocenters. The fourth-order valence-electron chi connectivity index (χ4n) is 2.45. The Bertz CT molecular complexity index is 761. The molecule has 0 saturated carbocycles. The van der Waals surface area contributed by atoms with Crippen LogP contribution in [0.3, 0.4) is 0 Å². The maximum atomic E-state index is 12.6. The molecule has 0 bridgehead atoms. The molecule has 0 aliphatic rings. The lowest BCUT2D eigenvalue weighted by Gasteiger charge is -2.12. The van der Waals surface area contributed by atoms with Crippen LogP contribution in [-0.4, -0.2) is 38.7 Å². The molecule has 2 aromatic carbocycles. The Labute approximate surface area is 159 Å². The third-order valence-corrected chi connectivity index (χ3v) is 3.79. The smallest absolute Gasteiger partial charge is 0.259 e. The molecule has 0 unspecified atom stereocenters. The Morgan fingerprint density at radius 1 is 1.00 bits per heavy atom. The van der Waals surface area contributed by atoms with Crippen LogP contribution < -0.4 is 15.4 Å². The summed E-state index contributed by atoms with van der Waals surface area (Å²) < 4.78 is 10.6. The van der Waals surface area contributed by atoms with Gasteiger partial charge in [-0.15, -0.1) is 0 Å². The molecule has 6 heteroatoms. The molecule has 0 spiro atoms. The van der Waals surface area contributed by atoms with Gasteiger partial charge in [0.1, 0.15) is 5.75 Å². The number of hydrogen-bond acceptors (Lipinski definition) is 4. The molecular formula is C21H26N2O4. The monoisotopic (exact) mass is 370 g/mol. The first-order valence-corrected chi connectivity index (χ1v) is 9.06. The average molecular weight is 370 g/mol. The van der Waals surface area contributed by atoms with Crippen molar-refractivity contribution in [2.75, 3.05) is 32.2 Å². The summed E-state index contributed by atoms with van der Waals surface area (Å²) in [4.78, 5) is 24.8. The van der Waals surface area contributed by atoms with Crippen molar-refractivity contribution in [2.45, 2.75) is 19.8 Å². The number of anilines is 1. The highest BCUT2D eigenvalue weighted by Gasteiger charge is 2.13. The lowest BCUT2D eigenvalue weighted by atomic mass is 10.1. The number of carbonyl (C=O) groups is 2. The first-order valence-electron chi connectivity index (χ1n) is 9.06. The van der Waals surface area contributed by atoms with Crippen molar-refractivity contribution in [3.05, 3.63) is 59.7 Å². The van der Waals surface area contributed by atoms with Crippen LogP contribution in [0.15, 0.2) is 48.5 Å². The highest BCUT2D eigenvalue weighted by molar-refractivity contribution is 6.06. The van der Waals surface area contributed by atoms with E-state index in [9.17, 15) is 9.59 Å². The molecule has 6 nitrogen and oxygen atoms in total. The average Bonchev–Trinajstić information content (AvgIpc) is 2.70. The molecule has 2 amide bonds. The van der Waals surface area contributed by atoms with Crippen LogP contribution in [0.2, 0.25) is 0 Å². The number of methoxy groups -OCH3 is 1. The normalized spacial score (nSPS) is 10.3. The molecule has 2 aromatic rings. The highest BCUT2D eigenvalue weighted by Crippen LogP contribution is 2.20. The molecular weight excluding hydrogens is 344 g/mol. The molecule has 0 aliphatic heterocycles. The van der Waals surface area contributed by atoms with Gasteiger partial charge in [0, 0.05) is 31.5 Å². The molecule has 2 rings (SSSR count). The van der Waals surface area contributed by atoms with E-state index in [1.165, 1.54) is 0 Å². The van der Waals surface area contributed by atoms with Crippen LogP contribution in [0.4, 0.5) is 5.69 Å². The number of hydrogen-bond donors (Lipinski definition) is 2. The second-order valence-corrected chi connectivity index (χ2v) is 5.98. The minimum absolute atomic E-state index is 0.186. The number of nitrogens with one attached hydrogen (secondary N) is 2. The van der Waals surface area contributed by atoms with E-state index >= 15 is 0 Å². The Morgan fingerprint density at radius 3 is 2.59 bits per heavy atom. The lowest BCUT2D eigenvalue weighted by Crippen LogP contribution is -2.25. The number of rotatable bonds is 10. The van der Waals surface area contributed by atoms with Crippen molar-refractivity contribution >= 4 is 17.5 Å². The first kappa shape index (κ1) is 20.5. The van der Waals surface area contributed by atoms with Gasteiger partial charge in [0.15, 0.2) is 0 Å². The maximum Gasteiger partial charge on any atom is 0.259 e. The van der Waals surface area contributed by atoms with Crippen LogP contribution >= 0.6 is 0 Å². The van der Waals surface area contributed by atoms with E-state index in [-0.39, 0.29) is 11.8 Å². The summed E-state index contributed by atoms with van der Waals surface area (Å²) in [6, 6.07) is 13.9. The van der Waals surface area contributed by atoms with E-state index < -0.39 is 0 Å². The van der Waals surface area contributed by atoms with Crippen LogP contribution in [-0.2, 0) is 4.74 Å². The van der Waals surface area contributed by atoms with E-state index in [0.717, 1.165) is 12.8 Å². The van der Waals surface area contributed by atoms with E-state index in [1.54, 1.807) is 49.6 Å². The minimum atomic E-state index is -0.278. The van der Waals surface area contributed by atoms with Gasteiger partial charge in [-0.05, 0) is 43.2 Å². The van der Waals surface area contributed by atoms with Crippen LogP contribution in [0.25, 0.3) is 0 Å². The quantitative estimate of drug-likeness (QED) is 0.628. The van der Waals surface area contributed by atoms with Crippen molar-refractivity contribution in [1.82, 2.24) is 5.32 Å². The first-order chi connectivity index (χ1) is 13.2. The van der Waals surface area contributed by atoms with E-state index in [2.05, 4.69) is 10.6 Å². The number of carbonyl (C=O) groups excluding carboxylic acids is 2. The Balaban J connectivity index is 2.03. The number of benzene rings is 2. The molecule has 144 valence electrons. The number of ether oxygens (including phenoxy) is 2. The van der Waals surface area contributed by atoms with Crippen LogP contribution in [0, 0.1) is 0 Å². The predicted molar refractivity (Wildman–Crippen MR) is 105 cm³/mol. The van der Waals surface area contributed by atoms with Gasteiger partial charge in [0.2, 0.25) is 0 Å². The van der Waals surface area contributed by atoms with Gasteiger partial charge >= 0.3 is 0 Å². The van der Waals surface area contributed by atoms with Gasteiger partial charge in [-0.3, -0.25) is 9.59 Å². The standard InChI is InChI=1S/C21H26N2O4/c1-3-13-27-19-11-5-4-10-18(19)21(25)23-17-9-6-8-16(15-17)20(24)22-12-7-14-26-2/h4-6,8-11,15H,3,7,12-14H2,1-2H3,(H,22,24)(H,23,25). The van der Waals surface area contributed by atoms with Crippen molar-refractivity contribution in [1.29, 1.82) is 0 Å². The lowest BCUT2D eigenvalue weighted by molar-refractivity contribution is 0.0947. The second-order valence-electron chi connectivity index (χ2n) is 5.98. The summed E-state index contributed by atoms with van der Waals surface area (Å²) in [6.45, 7) is 3.68. The van der Waals surface area contributed by atoms with Gasteiger partial charge in [0.25, 0.3) is 11.8 Å². The van der Waals surface area contributed by atoms with E-state index in [0.29, 0.717) is 42.3 Å². The molecule has 0 aromatic heterocycles. The fraction of sp³-hybridized carbons (Fsp3) is 0.333. The van der Waals surface area contributed by atoms with Gasteiger partial charge in [-0.1, -0.05) is 25.1 Å². The van der Waals surface area contributed by atoms with Gasteiger partial charge in [-0.25, -0.2) is 0 Å². The molecule has 0 fully saturated rings. The maximum absolute atomic E-state index is 12.6. The summed E-state index contributed by atoms with van der Waals surface area (Å²) in [5.74, 6) is 0.0807. The topological polar surface area (TPSA) is 76.7 Å². The summed E-state index contributed by atoms with van der Waals surface area (Å²) in [5.41, 5.74) is 1.50. The zero-order valence-electron chi connectivity index (χ0n) is 15.8. The Kier molecular flexibility index (Phi) is 8.32. The second kappa shape index (κ2) is 11.0. The molecule has 0 aliphatic carbocycles. The summed E-state index contributed by atoms with van der Waals surface area (Å²) in [6.07, 6.45) is 1.60. The van der Waals surface area contributed by atoms with Crippen LogP contribution in [0.1, 0.15) is 40.5 Å². The Morgan fingerprint density at radius 2 is 1.81 bits per heavy atom. The van der Waals surface area contributed by atoms with Gasteiger partial charge in [0.05, 0.1) is 12.2 Å². The molecule has 0 heterocycles. The largest absolute Gasteiger partial charge is 0.493 e. The minimum Gasteiger partial charge on any atom is -0.493 e. The third kappa shape index (κ3) is 6.42. The predicted octanol–water partition coefficient (Wildman–Crippen LogP) is 3.49. The molecule has 0 saturated heterocycles. The van der Waals surface area contributed by atoms with Crippen molar-refractivity contribution < 1.29 is 19.1 Å². The third-order valence-electron chi connectivity index (χ3n) is 3.79. The Hall–Kier alpha value is -2.86. The zero-order valence-corrected chi connectivity index (χ0v) is 15.8.